The lowest BCUT2D eigenvalue weighted by atomic mass is 10.0. The molecule has 2 amide bonds. The molecule has 0 spiro atoms. The Labute approximate surface area is 210 Å². The average molecular weight is 540 g/mol. The third-order valence-corrected chi connectivity index (χ3v) is 8.97. The summed E-state index contributed by atoms with van der Waals surface area (Å²) in [5.41, 5.74) is 3.06. The molecule has 4 rings (SSSR count). The number of primary amides is 1. The summed E-state index contributed by atoms with van der Waals surface area (Å²) in [5, 5.41) is 14.4. The van der Waals surface area contributed by atoms with E-state index in [1.165, 1.54) is 25.6 Å². The van der Waals surface area contributed by atoms with E-state index in [1.54, 1.807) is 0 Å². The van der Waals surface area contributed by atoms with Crippen LogP contribution in [0.4, 0.5) is 13.2 Å². The Morgan fingerprint density at radius 2 is 2.00 bits per heavy atom. The number of hydrogen-bond acceptors (Lipinski definition) is 7. The third kappa shape index (κ3) is 5.33. The number of ether oxygens (including phenoxy) is 1. The van der Waals surface area contributed by atoms with Gasteiger partial charge in [-0.2, -0.15) is 23.5 Å². The number of aromatic nitrogens is 2. The van der Waals surface area contributed by atoms with Crippen LogP contribution in [0, 0.1) is 17.2 Å². The summed E-state index contributed by atoms with van der Waals surface area (Å²) in [6.45, 7) is -0.273. The van der Waals surface area contributed by atoms with Crippen molar-refractivity contribution in [3.8, 4) is 17.2 Å². The van der Waals surface area contributed by atoms with Crippen LogP contribution in [-0.4, -0.2) is 54.0 Å². The van der Waals surface area contributed by atoms with E-state index in [0.29, 0.717) is 12.8 Å². The number of rotatable bonds is 8. The Hall–Kier alpha value is -3.44. The van der Waals surface area contributed by atoms with E-state index >= 15 is 0 Å². The van der Waals surface area contributed by atoms with Crippen LogP contribution in [0.2, 0.25) is 0 Å². The largest absolute Gasteiger partial charge is 0.417 e. The molecule has 0 aliphatic heterocycles. The van der Waals surface area contributed by atoms with Crippen molar-refractivity contribution >= 4 is 21.7 Å². The van der Waals surface area contributed by atoms with Gasteiger partial charge in [0.25, 0.3) is 0 Å². The van der Waals surface area contributed by atoms with Crippen molar-refractivity contribution in [1.29, 1.82) is 5.26 Å². The summed E-state index contributed by atoms with van der Waals surface area (Å²) >= 11 is 0. The van der Waals surface area contributed by atoms with Crippen LogP contribution in [0.25, 0.3) is 11.1 Å². The molecule has 2 aliphatic rings. The van der Waals surface area contributed by atoms with Crippen LogP contribution >= 0.6 is 0 Å². The molecule has 10 nitrogen and oxygen atoms in total. The topological polar surface area (TPSA) is 157 Å². The molecule has 0 saturated heterocycles. The number of nitrogens with one attached hydrogen (secondary N) is 1. The number of nitrogens with zero attached hydrogens (tertiary/aromatic N) is 3. The summed E-state index contributed by atoms with van der Waals surface area (Å²) in [6.07, 6.45) is -2.73. The number of nitrogens with two attached hydrogens (primary N) is 1. The first-order chi connectivity index (χ1) is 17.3. The van der Waals surface area contributed by atoms with Crippen LogP contribution in [-0.2, 0) is 36.9 Å². The minimum atomic E-state index is -5.00. The van der Waals surface area contributed by atoms with Gasteiger partial charge in [-0.3, -0.25) is 14.3 Å². The van der Waals surface area contributed by atoms with Gasteiger partial charge in [-0.25, -0.2) is 8.42 Å². The van der Waals surface area contributed by atoms with Gasteiger partial charge in [0, 0.05) is 18.9 Å². The standard InChI is InChI=1S/C23H24F3N5O5S/c1-36-18-8-15(7-16(18)21(33)30-22(12-27)4-5-22)37(34,35)19-3-2-13(6-17(19)23(24,25)26)14-9-29-31(10-14)11-20(28)32/h2-3,6,9-10,15-16,18H,4-5,7-8,11H2,1H3,(H2,28,32)(H,30,33)/t15?,16-,18-/m1/s1. The number of hydrogen-bond donors (Lipinski definition) is 2. The molecule has 1 unspecified atom stereocenters. The maximum Gasteiger partial charge on any atom is 0.417 e. The molecule has 0 bridgehead atoms. The lowest BCUT2D eigenvalue weighted by Crippen LogP contribution is -2.42. The molecule has 198 valence electrons. The lowest BCUT2D eigenvalue weighted by Gasteiger charge is -2.19. The predicted octanol–water partition coefficient (Wildman–Crippen LogP) is 1.79. The molecule has 1 aromatic carbocycles. The van der Waals surface area contributed by atoms with Crippen molar-refractivity contribution < 1.29 is 35.9 Å². The summed E-state index contributed by atoms with van der Waals surface area (Å²) in [6, 6.07) is 4.85. The number of nitriles is 1. The highest BCUT2D eigenvalue weighted by Gasteiger charge is 2.51. The van der Waals surface area contributed by atoms with E-state index in [4.69, 9.17) is 10.5 Å². The van der Waals surface area contributed by atoms with Crippen molar-refractivity contribution in [3.05, 3.63) is 36.2 Å². The normalized spacial score (nSPS) is 22.8. The lowest BCUT2D eigenvalue weighted by molar-refractivity contribution is -0.139. The van der Waals surface area contributed by atoms with Gasteiger partial charge in [-0.05, 0) is 43.4 Å². The summed E-state index contributed by atoms with van der Waals surface area (Å²) in [5.74, 6) is -2.17. The van der Waals surface area contributed by atoms with E-state index in [2.05, 4.69) is 10.4 Å². The van der Waals surface area contributed by atoms with Gasteiger partial charge < -0.3 is 15.8 Å². The molecule has 0 radical (unpaired) electrons. The van der Waals surface area contributed by atoms with E-state index < -0.39 is 61.1 Å². The van der Waals surface area contributed by atoms with E-state index in [9.17, 15) is 36.4 Å². The zero-order valence-corrected chi connectivity index (χ0v) is 20.5. The monoisotopic (exact) mass is 539 g/mol. The highest BCUT2D eigenvalue weighted by molar-refractivity contribution is 7.92. The number of carbonyl (C=O) groups excluding carboxylic acids is 2. The van der Waals surface area contributed by atoms with Crippen LogP contribution < -0.4 is 11.1 Å². The van der Waals surface area contributed by atoms with Gasteiger partial charge in [0.05, 0.1) is 40.0 Å². The Morgan fingerprint density at radius 3 is 2.57 bits per heavy atom. The summed E-state index contributed by atoms with van der Waals surface area (Å²) in [7, 11) is -3.24. The zero-order chi connectivity index (χ0) is 27.2. The molecule has 2 saturated carbocycles. The molecular weight excluding hydrogens is 515 g/mol. The zero-order valence-electron chi connectivity index (χ0n) is 19.7. The second-order valence-electron chi connectivity index (χ2n) is 9.30. The van der Waals surface area contributed by atoms with Crippen LogP contribution in [0.5, 0.6) is 0 Å². The third-order valence-electron chi connectivity index (χ3n) is 6.74. The van der Waals surface area contributed by atoms with E-state index in [-0.39, 0.29) is 30.5 Å². The SMILES string of the molecule is CO[C@@H]1CC(S(=O)(=O)c2ccc(-c3cnn(CC(N)=O)c3)cc2C(F)(F)F)C[C@H]1C(=O)NC1(C#N)CC1. The quantitative estimate of drug-likeness (QED) is 0.518. The molecule has 37 heavy (non-hydrogen) atoms. The van der Waals surface area contributed by atoms with Gasteiger partial charge in [-0.15, -0.1) is 0 Å². The average Bonchev–Trinajstić information content (AvgIpc) is 3.23. The maximum atomic E-state index is 14.1. The molecule has 1 aromatic heterocycles. The first-order valence-corrected chi connectivity index (χ1v) is 12.9. The Bertz CT molecular complexity index is 1380. The molecule has 1 heterocycles. The number of benzene rings is 1. The highest BCUT2D eigenvalue weighted by atomic mass is 32.2. The molecule has 2 aliphatic carbocycles. The first kappa shape index (κ1) is 26.6. The Balaban J connectivity index is 1.64. The number of halogens is 3. The van der Waals surface area contributed by atoms with E-state index in [1.807, 2.05) is 6.07 Å². The predicted molar refractivity (Wildman–Crippen MR) is 122 cm³/mol. The smallest absolute Gasteiger partial charge is 0.381 e. The van der Waals surface area contributed by atoms with Crippen LogP contribution in [0.15, 0.2) is 35.5 Å². The second-order valence-corrected chi connectivity index (χ2v) is 11.5. The number of amides is 2. The second kappa shape index (κ2) is 9.46. The van der Waals surface area contributed by atoms with Gasteiger partial charge >= 0.3 is 6.18 Å². The number of carbonyl (C=O) groups is 2. The minimum Gasteiger partial charge on any atom is -0.381 e. The highest BCUT2D eigenvalue weighted by Crippen LogP contribution is 2.43. The van der Waals surface area contributed by atoms with Crippen molar-refractivity contribution in [2.45, 2.75) is 60.2 Å². The number of alkyl halides is 3. The number of sulfone groups is 1. The first-order valence-electron chi connectivity index (χ1n) is 11.3. The van der Waals surface area contributed by atoms with Gasteiger partial charge in [0.15, 0.2) is 9.84 Å². The van der Waals surface area contributed by atoms with E-state index in [0.717, 1.165) is 16.8 Å². The Morgan fingerprint density at radius 1 is 1.30 bits per heavy atom. The van der Waals surface area contributed by atoms with Crippen LogP contribution in [0.1, 0.15) is 31.2 Å². The fourth-order valence-electron chi connectivity index (χ4n) is 4.58. The summed E-state index contributed by atoms with van der Waals surface area (Å²) < 4.78 is 75.5. The minimum absolute atomic E-state index is 0.0478. The van der Waals surface area contributed by atoms with Crippen molar-refractivity contribution in [2.75, 3.05) is 7.11 Å². The molecule has 2 fully saturated rings. The van der Waals surface area contributed by atoms with Crippen molar-refractivity contribution in [3.63, 3.8) is 0 Å². The van der Waals surface area contributed by atoms with Crippen molar-refractivity contribution in [2.24, 2.45) is 11.7 Å². The van der Waals surface area contributed by atoms with Gasteiger partial charge in [-0.1, -0.05) is 6.07 Å². The van der Waals surface area contributed by atoms with Crippen LogP contribution in [0.3, 0.4) is 0 Å². The maximum absolute atomic E-state index is 14.1. The Kier molecular flexibility index (Phi) is 6.80. The molecule has 3 N–H and O–H groups in total. The fraction of sp³-hybridized carbons (Fsp3) is 0.478. The molecule has 2 aromatic rings. The molecule has 3 atom stereocenters. The van der Waals surface area contributed by atoms with Crippen molar-refractivity contribution in [1.82, 2.24) is 15.1 Å². The summed E-state index contributed by atoms with van der Waals surface area (Å²) in [4.78, 5) is 23.0. The van der Waals surface area contributed by atoms with Gasteiger partial charge in [0.2, 0.25) is 11.8 Å². The molecular formula is C23H24F3N5O5S. The van der Waals surface area contributed by atoms with Gasteiger partial charge in [0.1, 0.15) is 12.1 Å². The fourth-order valence-corrected chi connectivity index (χ4v) is 6.58. The number of methoxy groups -OCH3 is 1. The molecule has 14 heteroatoms.